The number of anilines is 1. The molecule has 0 fully saturated rings. The Morgan fingerprint density at radius 1 is 1.20 bits per heavy atom. The molecule has 108 valence electrons. The smallest absolute Gasteiger partial charge is 0.173 e. The van der Waals surface area contributed by atoms with Gasteiger partial charge in [-0.2, -0.15) is 0 Å². The monoisotopic (exact) mass is 292 g/mol. The number of phenols is 1. The molecule has 2 rings (SSSR count). The fourth-order valence-corrected chi connectivity index (χ4v) is 2.05. The van der Waals surface area contributed by atoms with Crippen LogP contribution in [0, 0.1) is 0 Å². The number of aromatic nitrogens is 1. The van der Waals surface area contributed by atoms with Gasteiger partial charge in [0.05, 0.1) is 0 Å². The summed E-state index contributed by atoms with van der Waals surface area (Å²) in [7, 11) is 0. The Labute approximate surface area is 126 Å². The van der Waals surface area contributed by atoms with Gasteiger partial charge in [-0.3, -0.25) is 0 Å². The zero-order valence-electron chi connectivity index (χ0n) is 11.9. The van der Waals surface area contributed by atoms with Crippen LogP contribution in [0.2, 0.25) is 0 Å². The van der Waals surface area contributed by atoms with E-state index in [1.54, 1.807) is 6.07 Å². The van der Waals surface area contributed by atoms with Crippen molar-refractivity contribution in [3.63, 3.8) is 0 Å². The van der Waals surface area contributed by atoms with Gasteiger partial charge in [0.1, 0.15) is 12.3 Å². The zero-order valence-corrected chi connectivity index (χ0v) is 12.7. The number of pyridine rings is 1. The van der Waals surface area contributed by atoms with Gasteiger partial charge in [-0.1, -0.05) is 13.0 Å². The molecule has 1 heterocycles. The highest BCUT2D eigenvalue weighted by Crippen LogP contribution is 2.22. The van der Waals surface area contributed by atoms with Gasteiger partial charge in [-0.25, -0.2) is 4.57 Å². The molecule has 0 spiro atoms. The number of aromatic hydroxyl groups is 1. The number of hydrogen-bond donors (Lipinski definition) is 2. The van der Waals surface area contributed by atoms with E-state index < -0.39 is 0 Å². The minimum Gasteiger partial charge on any atom is -1.00 e. The van der Waals surface area contributed by atoms with Gasteiger partial charge in [0.15, 0.2) is 12.4 Å². The number of aryl methyl sites for hydroxylation is 2. The van der Waals surface area contributed by atoms with Crippen LogP contribution in [-0.2, 0) is 19.5 Å². The maximum absolute atomic E-state index is 9.83. The summed E-state index contributed by atoms with van der Waals surface area (Å²) in [6.45, 7) is 5.89. The lowest BCUT2D eigenvalue weighted by Gasteiger charge is -2.08. The number of phenolic OH excluding ortho intramolecular Hbond substituents is 1. The molecule has 0 amide bonds. The first-order valence-electron chi connectivity index (χ1n) is 6.76. The Kier molecular flexibility index (Phi) is 6.32. The molecule has 1 aromatic heterocycles. The lowest BCUT2D eigenvalue weighted by atomic mass is 10.1. The molecule has 0 aliphatic heterocycles. The van der Waals surface area contributed by atoms with Gasteiger partial charge in [0, 0.05) is 29.9 Å². The number of nitrogens with one attached hydrogen (secondary N) is 1. The van der Waals surface area contributed by atoms with E-state index in [1.807, 2.05) is 19.1 Å². The first kappa shape index (κ1) is 16.3. The maximum atomic E-state index is 9.83. The molecule has 1 aromatic carbocycles. The normalized spacial score (nSPS) is 9.90. The number of rotatable bonds is 5. The van der Waals surface area contributed by atoms with Crippen LogP contribution in [0.3, 0.4) is 0 Å². The summed E-state index contributed by atoms with van der Waals surface area (Å²) in [5.41, 5.74) is 3.15. The highest BCUT2D eigenvalue weighted by atomic mass is 35.5. The summed E-state index contributed by atoms with van der Waals surface area (Å²) in [6.07, 6.45) is 5.04. The van der Waals surface area contributed by atoms with E-state index in [0.29, 0.717) is 5.75 Å². The lowest BCUT2D eigenvalue weighted by molar-refractivity contribution is -0.693. The lowest BCUT2D eigenvalue weighted by Crippen LogP contribution is -3.00. The highest BCUT2D eigenvalue weighted by molar-refractivity contribution is 5.51. The predicted octanol–water partition coefficient (Wildman–Crippen LogP) is -0.122. The molecule has 0 atom stereocenters. The van der Waals surface area contributed by atoms with Crippen molar-refractivity contribution in [2.24, 2.45) is 0 Å². The SMILES string of the molecule is CCc1ccc(NCc2ccc[n+](CC)c2)cc1O.[Cl-]. The third kappa shape index (κ3) is 4.14. The molecule has 0 aliphatic carbocycles. The van der Waals surface area contributed by atoms with Crippen LogP contribution in [-0.4, -0.2) is 5.11 Å². The number of nitrogens with zero attached hydrogens (tertiary/aromatic N) is 1. The molecule has 20 heavy (non-hydrogen) atoms. The standard InChI is InChI=1S/C16H20N2O.ClH/c1-3-14-7-8-15(10-16(14)19)17-11-13-6-5-9-18(4-2)12-13;/h5-10,12,17H,3-4,11H2,1-2H3;1H. The van der Waals surface area contributed by atoms with E-state index in [1.165, 1.54) is 5.56 Å². The van der Waals surface area contributed by atoms with E-state index in [-0.39, 0.29) is 12.4 Å². The first-order valence-corrected chi connectivity index (χ1v) is 6.76. The summed E-state index contributed by atoms with van der Waals surface area (Å²) >= 11 is 0. The van der Waals surface area contributed by atoms with Crippen molar-refractivity contribution < 1.29 is 22.1 Å². The van der Waals surface area contributed by atoms with Crippen molar-refractivity contribution in [3.8, 4) is 5.75 Å². The molecule has 0 aliphatic rings. The quantitative estimate of drug-likeness (QED) is 0.754. The van der Waals surface area contributed by atoms with E-state index in [0.717, 1.165) is 30.8 Å². The summed E-state index contributed by atoms with van der Waals surface area (Å²) in [5.74, 6) is 0.365. The Bertz CT molecular complexity index is 558. The van der Waals surface area contributed by atoms with Crippen LogP contribution < -0.4 is 22.3 Å². The van der Waals surface area contributed by atoms with Crippen molar-refractivity contribution in [1.82, 2.24) is 0 Å². The van der Waals surface area contributed by atoms with Crippen LogP contribution in [0.25, 0.3) is 0 Å². The van der Waals surface area contributed by atoms with Gasteiger partial charge < -0.3 is 22.8 Å². The molecule has 3 nitrogen and oxygen atoms in total. The molecular weight excluding hydrogens is 272 g/mol. The van der Waals surface area contributed by atoms with Gasteiger partial charge in [-0.15, -0.1) is 0 Å². The second kappa shape index (κ2) is 7.75. The van der Waals surface area contributed by atoms with Crippen molar-refractivity contribution in [2.45, 2.75) is 33.4 Å². The summed E-state index contributed by atoms with van der Waals surface area (Å²) < 4.78 is 2.15. The molecule has 0 bridgehead atoms. The van der Waals surface area contributed by atoms with Gasteiger partial charge in [0.2, 0.25) is 0 Å². The second-order valence-electron chi connectivity index (χ2n) is 4.59. The topological polar surface area (TPSA) is 36.1 Å². The molecular formula is C16H21ClN2O. The van der Waals surface area contributed by atoms with Crippen LogP contribution in [0.1, 0.15) is 25.0 Å². The fourth-order valence-electron chi connectivity index (χ4n) is 2.05. The summed E-state index contributed by atoms with van der Waals surface area (Å²) in [5, 5.41) is 13.2. The fraction of sp³-hybridized carbons (Fsp3) is 0.312. The number of halogens is 1. The number of benzene rings is 1. The van der Waals surface area contributed by atoms with Crippen LogP contribution in [0.4, 0.5) is 5.69 Å². The molecule has 2 N–H and O–H groups in total. The predicted molar refractivity (Wildman–Crippen MR) is 77.1 cm³/mol. The minimum absolute atomic E-state index is 0. The zero-order chi connectivity index (χ0) is 13.7. The molecule has 0 saturated carbocycles. The molecule has 4 heteroatoms. The van der Waals surface area contributed by atoms with Crippen LogP contribution >= 0.6 is 0 Å². The van der Waals surface area contributed by atoms with Gasteiger partial charge in [-0.05, 0) is 31.0 Å². The van der Waals surface area contributed by atoms with E-state index >= 15 is 0 Å². The molecule has 0 radical (unpaired) electrons. The van der Waals surface area contributed by atoms with Crippen molar-refractivity contribution in [3.05, 3.63) is 53.9 Å². The summed E-state index contributed by atoms with van der Waals surface area (Å²) in [4.78, 5) is 0. The van der Waals surface area contributed by atoms with Crippen molar-refractivity contribution in [1.29, 1.82) is 0 Å². The van der Waals surface area contributed by atoms with E-state index in [9.17, 15) is 5.11 Å². The van der Waals surface area contributed by atoms with E-state index in [2.05, 4.69) is 41.3 Å². The minimum atomic E-state index is 0. The Morgan fingerprint density at radius 3 is 2.65 bits per heavy atom. The Morgan fingerprint density at radius 2 is 2.00 bits per heavy atom. The Hall–Kier alpha value is -1.74. The average Bonchev–Trinajstić information content (AvgIpc) is 2.45. The van der Waals surface area contributed by atoms with Gasteiger partial charge >= 0.3 is 0 Å². The third-order valence-corrected chi connectivity index (χ3v) is 3.25. The Balaban J connectivity index is 0.00000200. The van der Waals surface area contributed by atoms with Crippen molar-refractivity contribution >= 4 is 5.69 Å². The first-order chi connectivity index (χ1) is 9.22. The number of hydrogen-bond acceptors (Lipinski definition) is 2. The molecule has 2 aromatic rings. The second-order valence-corrected chi connectivity index (χ2v) is 4.59. The third-order valence-electron chi connectivity index (χ3n) is 3.25. The molecule has 0 saturated heterocycles. The molecule has 0 unspecified atom stereocenters. The van der Waals surface area contributed by atoms with E-state index in [4.69, 9.17) is 0 Å². The maximum Gasteiger partial charge on any atom is 0.173 e. The summed E-state index contributed by atoms with van der Waals surface area (Å²) in [6, 6.07) is 9.91. The van der Waals surface area contributed by atoms with Crippen LogP contribution in [0.15, 0.2) is 42.7 Å². The van der Waals surface area contributed by atoms with Crippen molar-refractivity contribution in [2.75, 3.05) is 5.32 Å². The van der Waals surface area contributed by atoms with Crippen LogP contribution in [0.5, 0.6) is 5.75 Å². The largest absolute Gasteiger partial charge is 1.00 e. The highest BCUT2D eigenvalue weighted by Gasteiger charge is 2.03. The average molecular weight is 293 g/mol. The van der Waals surface area contributed by atoms with Gasteiger partial charge in [0.25, 0.3) is 0 Å².